The summed E-state index contributed by atoms with van der Waals surface area (Å²) in [6.07, 6.45) is -1.95. The van der Waals surface area contributed by atoms with Gasteiger partial charge < -0.3 is 20.7 Å². The number of aromatic nitrogens is 2. The van der Waals surface area contributed by atoms with Gasteiger partial charge in [-0.1, -0.05) is 41.6 Å². The van der Waals surface area contributed by atoms with E-state index >= 15 is 0 Å². The van der Waals surface area contributed by atoms with Crippen LogP contribution in [0, 0.1) is 0 Å². The highest BCUT2D eigenvalue weighted by Gasteiger charge is 2.38. The second-order valence-corrected chi connectivity index (χ2v) is 8.67. The van der Waals surface area contributed by atoms with Crippen molar-refractivity contribution in [2.24, 2.45) is 5.73 Å². The van der Waals surface area contributed by atoms with E-state index in [-0.39, 0.29) is 5.91 Å². The Morgan fingerprint density at radius 3 is 2.40 bits per heavy atom. The van der Waals surface area contributed by atoms with Gasteiger partial charge in [-0.15, -0.1) is 0 Å². The summed E-state index contributed by atoms with van der Waals surface area (Å²) in [6.45, 7) is 5.61. The topological polar surface area (TPSA) is 110 Å². The minimum absolute atomic E-state index is 0.118. The second-order valence-electron chi connectivity index (χ2n) is 7.60. The Hall–Kier alpha value is -3.31. The molecule has 0 aliphatic carbocycles. The molecule has 4 N–H and O–H groups in total. The molecule has 0 unspecified atom stereocenters. The molecule has 11 heteroatoms. The van der Waals surface area contributed by atoms with Gasteiger partial charge in [0.1, 0.15) is 0 Å². The molecule has 0 atom stereocenters. The molecule has 188 valence electrons. The van der Waals surface area contributed by atoms with E-state index in [0.29, 0.717) is 12.1 Å². The van der Waals surface area contributed by atoms with E-state index in [2.05, 4.69) is 29.8 Å². The van der Waals surface area contributed by atoms with Gasteiger partial charge in [-0.3, -0.25) is 4.79 Å². The zero-order valence-electron chi connectivity index (χ0n) is 19.3. The molecule has 0 bridgehead atoms. The number of thioether (sulfide) groups is 1. The third kappa shape index (κ3) is 8.76. The summed E-state index contributed by atoms with van der Waals surface area (Å²) < 4.78 is 33.9. The summed E-state index contributed by atoms with van der Waals surface area (Å²) >= 11 is 1.72. The molecule has 2 aromatic carbocycles. The highest BCUT2D eigenvalue weighted by atomic mass is 32.2. The number of hydrogen-bond acceptors (Lipinski definition) is 5. The predicted octanol–water partition coefficient (Wildman–Crippen LogP) is 5.33. The summed E-state index contributed by atoms with van der Waals surface area (Å²) in [5.74, 6) is -1.94. The van der Waals surface area contributed by atoms with Crippen LogP contribution in [-0.4, -0.2) is 45.0 Å². The number of nitrogens with two attached hydrogens (primary N) is 1. The van der Waals surface area contributed by atoms with E-state index in [1.54, 1.807) is 23.9 Å². The Balaban J connectivity index is 0.000000540. The lowest BCUT2D eigenvalue weighted by Crippen LogP contribution is -2.21. The van der Waals surface area contributed by atoms with Crippen molar-refractivity contribution in [3.63, 3.8) is 0 Å². The molecule has 0 saturated carbocycles. The number of carbonyl (C=O) groups excluding carboxylic acids is 1. The number of imidazole rings is 1. The minimum Gasteiger partial charge on any atom is -0.475 e. The molecule has 0 aliphatic heterocycles. The maximum Gasteiger partial charge on any atom is 0.490 e. The minimum atomic E-state index is -5.08. The number of carboxylic acid groups (broad SMARTS) is 1. The maximum absolute atomic E-state index is 12.5. The van der Waals surface area contributed by atoms with Crippen LogP contribution in [0.5, 0.6) is 0 Å². The number of nitrogens with zero attached hydrogens (tertiary/aromatic N) is 2. The first kappa shape index (κ1) is 27.9. The lowest BCUT2D eigenvalue weighted by atomic mass is 10.2. The molecular formula is C24H27F3N4O3S. The number of rotatable bonds is 8. The van der Waals surface area contributed by atoms with Gasteiger partial charge in [-0.05, 0) is 57.1 Å². The molecule has 1 heterocycles. The zero-order chi connectivity index (χ0) is 26.0. The molecule has 1 aromatic heterocycles. The number of alkyl halides is 3. The van der Waals surface area contributed by atoms with Gasteiger partial charge in [0.05, 0.1) is 11.0 Å². The summed E-state index contributed by atoms with van der Waals surface area (Å²) in [6, 6.07) is 15.1. The van der Waals surface area contributed by atoms with Crippen LogP contribution in [0.1, 0.15) is 30.6 Å². The van der Waals surface area contributed by atoms with Gasteiger partial charge >= 0.3 is 12.1 Å². The average Bonchev–Trinajstić information content (AvgIpc) is 3.14. The summed E-state index contributed by atoms with van der Waals surface area (Å²) in [5.41, 5.74) is 10.2. The molecule has 3 rings (SSSR count). The van der Waals surface area contributed by atoms with E-state index in [1.807, 2.05) is 36.4 Å². The third-order valence-electron chi connectivity index (χ3n) is 4.51. The van der Waals surface area contributed by atoms with E-state index in [1.165, 1.54) is 5.57 Å². The fourth-order valence-corrected chi connectivity index (χ4v) is 3.76. The lowest BCUT2D eigenvalue weighted by molar-refractivity contribution is -0.192. The summed E-state index contributed by atoms with van der Waals surface area (Å²) in [7, 11) is 0. The number of halogens is 3. The number of hydrogen-bond donors (Lipinski definition) is 3. The number of anilines is 1. The van der Waals surface area contributed by atoms with Gasteiger partial charge in [0, 0.05) is 23.5 Å². The summed E-state index contributed by atoms with van der Waals surface area (Å²) in [5, 5.41) is 11.1. The monoisotopic (exact) mass is 508 g/mol. The Bertz CT molecular complexity index is 1170. The lowest BCUT2D eigenvalue weighted by Gasteiger charge is -2.08. The van der Waals surface area contributed by atoms with Crippen molar-refractivity contribution in [2.75, 3.05) is 17.6 Å². The molecule has 3 aromatic rings. The number of nitrogens with one attached hydrogen (secondary N) is 1. The van der Waals surface area contributed by atoms with E-state index < -0.39 is 12.1 Å². The van der Waals surface area contributed by atoms with Gasteiger partial charge in [-0.25, -0.2) is 9.78 Å². The standard InChI is InChI=1S/C22H26N4OS.C2HF3O2/c1-16(2)11-13-26-20-15-18(24-21(27)17-7-4-3-5-8-17)9-10-19(20)25-22(26)28-14-6-12-23;3-2(4,5)1(6)7/h3-5,7-11,15H,6,12-14,23H2,1-2H3,(H,24,27);(H,6,7). The first-order chi connectivity index (χ1) is 16.5. The molecule has 1 amide bonds. The number of carboxylic acids is 1. The van der Waals surface area contributed by atoms with Crippen LogP contribution >= 0.6 is 11.8 Å². The Labute approximate surface area is 205 Å². The van der Waals surface area contributed by atoms with Gasteiger partial charge in [0.15, 0.2) is 5.16 Å². The van der Waals surface area contributed by atoms with Crippen molar-refractivity contribution in [2.45, 2.75) is 38.1 Å². The van der Waals surface area contributed by atoms with Gasteiger partial charge in [-0.2, -0.15) is 13.2 Å². The highest BCUT2D eigenvalue weighted by molar-refractivity contribution is 7.99. The van der Waals surface area contributed by atoms with Crippen LogP contribution in [-0.2, 0) is 11.3 Å². The van der Waals surface area contributed by atoms with Crippen molar-refractivity contribution < 1.29 is 27.9 Å². The number of allylic oxidation sites excluding steroid dienone is 2. The SMILES string of the molecule is CC(C)=CCn1c(SCCCN)nc2ccc(NC(=O)c3ccccc3)cc21.O=C(O)C(F)(F)F. The largest absolute Gasteiger partial charge is 0.490 e. The molecule has 35 heavy (non-hydrogen) atoms. The molecule has 7 nitrogen and oxygen atoms in total. The Morgan fingerprint density at radius 2 is 1.83 bits per heavy atom. The van der Waals surface area contributed by atoms with Crippen LogP contribution in [0.3, 0.4) is 0 Å². The van der Waals surface area contributed by atoms with E-state index in [4.69, 9.17) is 20.6 Å². The quantitative estimate of drug-likeness (QED) is 0.216. The van der Waals surface area contributed by atoms with Crippen molar-refractivity contribution in [3.8, 4) is 0 Å². The molecule has 0 spiro atoms. The Kier molecular flexibility index (Phi) is 10.3. The maximum atomic E-state index is 12.5. The normalized spacial score (nSPS) is 10.9. The first-order valence-electron chi connectivity index (χ1n) is 10.7. The molecule has 0 saturated heterocycles. The van der Waals surface area contributed by atoms with Crippen LogP contribution in [0.4, 0.5) is 18.9 Å². The average molecular weight is 509 g/mol. The van der Waals surface area contributed by atoms with E-state index in [9.17, 15) is 18.0 Å². The molecule has 0 fully saturated rings. The van der Waals surface area contributed by atoms with Crippen molar-refractivity contribution >= 4 is 40.4 Å². The number of benzene rings is 2. The Morgan fingerprint density at radius 1 is 1.17 bits per heavy atom. The second kappa shape index (κ2) is 13.0. The van der Waals surface area contributed by atoms with Crippen LogP contribution in [0.25, 0.3) is 11.0 Å². The smallest absolute Gasteiger partial charge is 0.475 e. The van der Waals surface area contributed by atoms with Crippen LogP contribution in [0.2, 0.25) is 0 Å². The predicted molar refractivity (Wildman–Crippen MR) is 132 cm³/mol. The number of carbonyl (C=O) groups is 2. The summed E-state index contributed by atoms with van der Waals surface area (Å²) in [4.78, 5) is 26.2. The van der Waals surface area contributed by atoms with E-state index in [0.717, 1.165) is 40.6 Å². The zero-order valence-corrected chi connectivity index (χ0v) is 20.1. The van der Waals surface area contributed by atoms with Gasteiger partial charge in [0.25, 0.3) is 5.91 Å². The fraction of sp³-hybridized carbons (Fsp3) is 0.292. The molecule has 0 radical (unpaired) electrons. The van der Waals surface area contributed by atoms with Crippen molar-refractivity contribution in [1.29, 1.82) is 0 Å². The number of fused-ring (bicyclic) bond motifs is 1. The number of aliphatic carboxylic acids is 1. The molecular weight excluding hydrogens is 481 g/mol. The molecule has 0 aliphatic rings. The van der Waals surface area contributed by atoms with Crippen molar-refractivity contribution in [3.05, 3.63) is 65.7 Å². The van der Waals surface area contributed by atoms with Crippen LogP contribution in [0.15, 0.2) is 65.3 Å². The first-order valence-corrected chi connectivity index (χ1v) is 11.6. The third-order valence-corrected chi connectivity index (χ3v) is 5.57. The highest BCUT2D eigenvalue weighted by Crippen LogP contribution is 2.27. The fourth-order valence-electron chi connectivity index (χ4n) is 2.78. The number of amides is 1. The van der Waals surface area contributed by atoms with Crippen molar-refractivity contribution in [1.82, 2.24) is 9.55 Å². The van der Waals surface area contributed by atoms with Gasteiger partial charge in [0.2, 0.25) is 0 Å². The van der Waals surface area contributed by atoms with Crippen LogP contribution < -0.4 is 11.1 Å².